The molecule has 2 aromatic heterocycles. The van der Waals surface area contributed by atoms with Crippen molar-refractivity contribution in [3.05, 3.63) is 23.8 Å². The average molecular weight is 355 g/mol. The van der Waals surface area contributed by atoms with Gasteiger partial charge >= 0.3 is 0 Å². The lowest BCUT2D eigenvalue weighted by atomic mass is 10.2. The molecule has 1 aliphatic rings. The Balaban J connectivity index is 1.50. The van der Waals surface area contributed by atoms with Gasteiger partial charge in [0.2, 0.25) is 11.1 Å². The Labute approximate surface area is 150 Å². The molecule has 1 aromatic carbocycles. The van der Waals surface area contributed by atoms with Crippen LogP contribution in [0.25, 0.3) is 22.1 Å². The van der Waals surface area contributed by atoms with Crippen LogP contribution in [0.4, 0.5) is 0 Å². The van der Waals surface area contributed by atoms with Gasteiger partial charge in [0.15, 0.2) is 5.65 Å². The quantitative estimate of drug-likeness (QED) is 0.730. The highest BCUT2D eigenvalue weighted by Gasteiger charge is 2.17. The first-order chi connectivity index (χ1) is 12.2. The first kappa shape index (κ1) is 16.3. The van der Waals surface area contributed by atoms with Gasteiger partial charge < -0.3 is 9.88 Å². The van der Waals surface area contributed by atoms with Gasteiger partial charge in [0.1, 0.15) is 5.52 Å². The fourth-order valence-electron chi connectivity index (χ4n) is 3.27. The minimum atomic E-state index is 0.169. The molecule has 1 aliphatic heterocycles. The molecule has 25 heavy (non-hydrogen) atoms. The van der Waals surface area contributed by atoms with Gasteiger partial charge in [-0.05, 0) is 31.9 Å². The lowest BCUT2D eigenvalue weighted by Crippen LogP contribution is -2.33. The molecule has 1 fully saturated rings. The van der Waals surface area contributed by atoms with Crippen molar-refractivity contribution in [2.45, 2.75) is 37.8 Å². The number of hydrogen-bond acceptors (Lipinski definition) is 5. The highest BCUT2D eigenvalue weighted by molar-refractivity contribution is 7.99. The molecular weight excluding hydrogens is 334 g/mol. The van der Waals surface area contributed by atoms with Gasteiger partial charge in [0.25, 0.3) is 0 Å². The lowest BCUT2D eigenvalue weighted by Gasteiger charge is -2.19. The summed E-state index contributed by atoms with van der Waals surface area (Å²) in [5, 5.41) is 10.1. The molecule has 0 unspecified atom stereocenters. The number of hydrogen-bond donors (Lipinski definition) is 1. The van der Waals surface area contributed by atoms with E-state index in [4.69, 9.17) is 0 Å². The van der Waals surface area contributed by atoms with Crippen molar-refractivity contribution in [1.82, 2.24) is 25.1 Å². The number of aromatic amines is 1. The normalized spacial score (nSPS) is 15.6. The third kappa shape index (κ3) is 3.46. The molecule has 3 aromatic rings. The number of nitrogens with zero attached hydrogens (tertiary/aromatic N) is 4. The minimum absolute atomic E-state index is 0.169. The predicted octanol–water partition coefficient (Wildman–Crippen LogP) is 3.31. The molecule has 1 N–H and O–H groups in total. The van der Waals surface area contributed by atoms with Gasteiger partial charge in [0.05, 0.1) is 5.75 Å². The summed E-state index contributed by atoms with van der Waals surface area (Å²) in [5.74, 6) is 0.537. The number of thioether (sulfide) groups is 1. The molecule has 1 amide bonds. The maximum Gasteiger partial charge on any atom is 0.233 e. The van der Waals surface area contributed by atoms with Crippen LogP contribution in [0, 0.1) is 6.92 Å². The maximum absolute atomic E-state index is 12.4. The van der Waals surface area contributed by atoms with Gasteiger partial charge in [0, 0.05) is 24.0 Å². The second kappa shape index (κ2) is 7.00. The summed E-state index contributed by atoms with van der Waals surface area (Å²) in [6.45, 7) is 3.80. The zero-order chi connectivity index (χ0) is 17.2. The van der Waals surface area contributed by atoms with E-state index in [0.717, 1.165) is 48.0 Å². The molecule has 0 aliphatic carbocycles. The Morgan fingerprint density at radius 3 is 2.80 bits per heavy atom. The maximum atomic E-state index is 12.4. The van der Waals surface area contributed by atoms with E-state index in [-0.39, 0.29) is 5.91 Å². The number of aryl methyl sites for hydroxylation is 1. The molecule has 3 heterocycles. The van der Waals surface area contributed by atoms with Crippen molar-refractivity contribution in [2.24, 2.45) is 0 Å². The summed E-state index contributed by atoms with van der Waals surface area (Å²) >= 11 is 1.36. The molecule has 0 atom stereocenters. The Kier molecular flexibility index (Phi) is 4.57. The number of aromatic nitrogens is 4. The van der Waals surface area contributed by atoms with Crippen molar-refractivity contribution in [3.63, 3.8) is 0 Å². The first-order valence-corrected chi connectivity index (χ1v) is 9.72. The Hall–Kier alpha value is -2.15. The molecule has 6 nitrogen and oxygen atoms in total. The number of nitrogens with one attached hydrogen (secondary N) is 1. The molecule has 4 rings (SSSR count). The molecule has 130 valence electrons. The number of amides is 1. The Morgan fingerprint density at radius 2 is 2.00 bits per heavy atom. The van der Waals surface area contributed by atoms with Crippen LogP contribution in [-0.2, 0) is 4.79 Å². The van der Waals surface area contributed by atoms with E-state index in [1.54, 1.807) is 0 Å². The largest absolute Gasteiger partial charge is 0.342 e. The molecule has 7 heteroatoms. The summed E-state index contributed by atoms with van der Waals surface area (Å²) in [4.78, 5) is 22.2. The van der Waals surface area contributed by atoms with E-state index in [1.807, 2.05) is 11.0 Å². The lowest BCUT2D eigenvalue weighted by molar-refractivity contribution is -0.128. The summed E-state index contributed by atoms with van der Waals surface area (Å²) < 4.78 is 0. The fourth-order valence-corrected chi connectivity index (χ4v) is 3.96. The molecule has 0 spiro atoms. The van der Waals surface area contributed by atoms with E-state index in [0.29, 0.717) is 10.9 Å². The average Bonchev–Trinajstić information content (AvgIpc) is 2.79. The molecule has 0 saturated carbocycles. The van der Waals surface area contributed by atoms with Crippen LogP contribution in [0.5, 0.6) is 0 Å². The van der Waals surface area contributed by atoms with Crippen molar-refractivity contribution in [2.75, 3.05) is 18.8 Å². The summed E-state index contributed by atoms with van der Waals surface area (Å²) in [7, 11) is 0. The smallest absolute Gasteiger partial charge is 0.233 e. The molecule has 1 saturated heterocycles. The Bertz CT molecular complexity index is 914. The van der Waals surface area contributed by atoms with Gasteiger partial charge in [-0.1, -0.05) is 36.2 Å². The van der Waals surface area contributed by atoms with Crippen molar-refractivity contribution in [3.8, 4) is 0 Å². The van der Waals surface area contributed by atoms with E-state index in [9.17, 15) is 4.79 Å². The topological polar surface area (TPSA) is 74.8 Å². The van der Waals surface area contributed by atoms with Crippen molar-refractivity contribution >= 4 is 39.7 Å². The number of benzene rings is 1. The second-order valence-corrected chi connectivity index (χ2v) is 7.49. The standard InChI is InChI=1S/C18H21N5OS/c1-12-6-7-14-13(10-12)16-17(19-14)20-18(22-21-16)25-11-15(24)23-8-4-2-3-5-9-23/h6-7,10H,2-5,8-9,11H2,1H3,(H,19,20,22). The summed E-state index contributed by atoms with van der Waals surface area (Å²) in [6.07, 6.45) is 4.66. The van der Waals surface area contributed by atoms with Crippen LogP contribution >= 0.6 is 11.8 Å². The first-order valence-electron chi connectivity index (χ1n) is 8.74. The Morgan fingerprint density at radius 1 is 1.20 bits per heavy atom. The molecule has 0 bridgehead atoms. The van der Waals surface area contributed by atoms with Gasteiger partial charge in [-0.2, -0.15) is 0 Å². The van der Waals surface area contributed by atoms with Crippen molar-refractivity contribution in [1.29, 1.82) is 0 Å². The van der Waals surface area contributed by atoms with Crippen LogP contribution in [0.1, 0.15) is 31.2 Å². The number of carbonyl (C=O) groups is 1. The minimum Gasteiger partial charge on any atom is -0.342 e. The van der Waals surface area contributed by atoms with E-state index in [2.05, 4.69) is 39.2 Å². The highest BCUT2D eigenvalue weighted by atomic mass is 32.2. The van der Waals surface area contributed by atoms with Crippen LogP contribution in [0.2, 0.25) is 0 Å². The van der Waals surface area contributed by atoms with Crippen LogP contribution in [0.3, 0.4) is 0 Å². The number of H-pyrrole nitrogens is 1. The summed E-state index contributed by atoms with van der Waals surface area (Å²) in [6, 6.07) is 6.17. The second-order valence-electron chi connectivity index (χ2n) is 6.55. The highest BCUT2D eigenvalue weighted by Crippen LogP contribution is 2.24. The van der Waals surface area contributed by atoms with E-state index < -0.39 is 0 Å². The third-order valence-corrected chi connectivity index (χ3v) is 5.46. The van der Waals surface area contributed by atoms with Crippen LogP contribution in [-0.4, -0.2) is 49.8 Å². The zero-order valence-corrected chi connectivity index (χ0v) is 15.1. The predicted molar refractivity (Wildman–Crippen MR) is 99.7 cm³/mol. The zero-order valence-electron chi connectivity index (χ0n) is 14.3. The third-order valence-electron chi connectivity index (χ3n) is 4.63. The number of carbonyl (C=O) groups excluding carboxylic acids is 1. The van der Waals surface area contributed by atoms with E-state index in [1.165, 1.54) is 30.2 Å². The molecular formula is C18H21N5OS. The molecule has 0 radical (unpaired) electrons. The number of rotatable bonds is 3. The van der Waals surface area contributed by atoms with E-state index >= 15 is 0 Å². The van der Waals surface area contributed by atoms with Crippen LogP contribution in [0.15, 0.2) is 23.4 Å². The van der Waals surface area contributed by atoms with Crippen molar-refractivity contribution < 1.29 is 4.79 Å². The van der Waals surface area contributed by atoms with Gasteiger partial charge in [-0.15, -0.1) is 10.2 Å². The monoisotopic (exact) mass is 355 g/mol. The number of fused-ring (bicyclic) bond motifs is 3. The van der Waals surface area contributed by atoms with Gasteiger partial charge in [-0.25, -0.2) is 4.98 Å². The fraction of sp³-hybridized carbons (Fsp3) is 0.444. The van der Waals surface area contributed by atoms with Gasteiger partial charge in [-0.3, -0.25) is 4.79 Å². The number of likely N-dealkylation sites (tertiary alicyclic amines) is 1. The van der Waals surface area contributed by atoms with Crippen LogP contribution < -0.4 is 0 Å². The summed E-state index contributed by atoms with van der Waals surface area (Å²) in [5.41, 5.74) is 3.68. The SMILES string of the molecule is Cc1ccc2[nH]c3nc(SCC(=O)N4CCCCCC4)nnc3c2c1.